The van der Waals surface area contributed by atoms with Gasteiger partial charge in [-0.15, -0.1) is 0 Å². The van der Waals surface area contributed by atoms with Gasteiger partial charge in [0.15, 0.2) is 0 Å². The number of likely N-dealkylation sites (tertiary alicyclic amines) is 1. The van der Waals surface area contributed by atoms with Crippen molar-refractivity contribution in [1.29, 1.82) is 0 Å². The van der Waals surface area contributed by atoms with Crippen LogP contribution in [0.2, 0.25) is 0 Å². The molecule has 1 heterocycles. The van der Waals surface area contributed by atoms with Crippen molar-refractivity contribution in [3.05, 3.63) is 35.4 Å². The van der Waals surface area contributed by atoms with Crippen LogP contribution in [0.3, 0.4) is 0 Å². The van der Waals surface area contributed by atoms with Gasteiger partial charge in [0, 0.05) is 19.0 Å². The Bertz CT molecular complexity index is 467. The van der Waals surface area contributed by atoms with Crippen LogP contribution < -0.4 is 0 Å². The van der Waals surface area contributed by atoms with Crippen LogP contribution in [-0.2, 0) is 20.9 Å². The number of nitrogens with zero attached hydrogens (tertiary/aromatic N) is 1. The number of esters is 1. The zero-order chi connectivity index (χ0) is 13.8. The summed E-state index contributed by atoms with van der Waals surface area (Å²) in [4.78, 5) is 25.0. The highest BCUT2D eigenvalue weighted by Crippen LogP contribution is 2.24. The molecule has 0 bridgehead atoms. The number of hydrogen-bond acceptors (Lipinski definition) is 3. The standard InChI is InChI=1S/C15H19NO3/c1-11-3-5-12(6-4-11)10-16-13(7-8-14(16)17)9-15(18)19-2/h3-6,13H,7-10H2,1-2H3. The lowest BCUT2D eigenvalue weighted by Gasteiger charge is -2.24. The second-order valence-electron chi connectivity index (χ2n) is 4.98. The highest BCUT2D eigenvalue weighted by atomic mass is 16.5. The van der Waals surface area contributed by atoms with Crippen molar-refractivity contribution in [1.82, 2.24) is 4.90 Å². The number of ether oxygens (including phenoxy) is 1. The average molecular weight is 261 g/mol. The molecule has 1 unspecified atom stereocenters. The minimum atomic E-state index is -0.256. The third-order valence-corrected chi connectivity index (χ3v) is 3.56. The third-order valence-electron chi connectivity index (χ3n) is 3.56. The van der Waals surface area contributed by atoms with E-state index < -0.39 is 0 Å². The van der Waals surface area contributed by atoms with Crippen molar-refractivity contribution in [2.45, 2.75) is 38.8 Å². The molecule has 0 N–H and O–H groups in total. The summed E-state index contributed by atoms with van der Waals surface area (Å²) < 4.78 is 4.68. The maximum absolute atomic E-state index is 11.9. The van der Waals surface area contributed by atoms with Gasteiger partial charge in [-0.25, -0.2) is 0 Å². The summed E-state index contributed by atoms with van der Waals surface area (Å²) in [6.45, 7) is 2.60. The van der Waals surface area contributed by atoms with E-state index in [0.717, 1.165) is 12.0 Å². The number of amides is 1. The quantitative estimate of drug-likeness (QED) is 0.779. The number of benzene rings is 1. The number of hydrogen-bond donors (Lipinski definition) is 0. The van der Waals surface area contributed by atoms with Gasteiger partial charge in [0.1, 0.15) is 0 Å². The van der Waals surface area contributed by atoms with Crippen molar-refractivity contribution in [3.8, 4) is 0 Å². The van der Waals surface area contributed by atoms with Crippen LogP contribution in [0.1, 0.15) is 30.4 Å². The topological polar surface area (TPSA) is 46.6 Å². The van der Waals surface area contributed by atoms with Gasteiger partial charge in [-0.05, 0) is 18.9 Å². The van der Waals surface area contributed by atoms with Gasteiger partial charge in [-0.2, -0.15) is 0 Å². The normalized spacial score (nSPS) is 18.7. The summed E-state index contributed by atoms with van der Waals surface area (Å²) >= 11 is 0. The summed E-state index contributed by atoms with van der Waals surface area (Å²) in [6, 6.07) is 8.09. The van der Waals surface area contributed by atoms with Crippen molar-refractivity contribution in [2.24, 2.45) is 0 Å². The van der Waals surface area contributed by atoms with Crippen LogP contribution >= 0.6 is 0 Å². The molecule has 4 nitrogen and oxygen atoms in total. The first kappa shape index (κ1) is 13.6. The molecule has 0 radical (unpaired) electrons. The van der Waals surface area contributed by atoms with Gasteiger partial charge in [0.05, 0.1) is 13.5 Å². The molecule has 1 aliphatic rings. The predicted octanol–water partition coefficient (Wildman–Crippen LogP) is 2.05. The molecule has 0 spiro atoms. The van der Waals surface area contributed by atoms with E-state index >= 15 is 0 Å². The minimum Gasteiger partial charge on any atom is -0.469 e. The van der Waals surface area contributed by atoms with Crippen molar-refractivity contribution < 1.29 is 14.3 Å². The van der Waals surface area contributed by atoms with Gasteiger partial charge < -0.3 is 9.64 Å². The Hall–Kier alpha value is -1.84. The lowest BCUT2D eigenvalue weighted by atomic mass is 10.1. The molecule has 1 aromatic carbocycles. The molecule has 0 aliphatic carbocycles. The fraction of sp³-hybridized carbons (Fsp3) is 0.467. The van der Waals surface area contributed by atoms with Crippen molar-refractivity contribution >= 4 is 11.9 Å². The van der Waals surface area contributed by atoms with E-state index in [-0.39, 0.29) is 24.3 Å². The first-order valence-corrected chi connectivity index (χ1v) is 6.52. The lowest BCUT2D eigenvalue weighted by molar-refractivity contribution is -0.142. The third kappa shape index (κ3) is 3.34. The van der Waals surface area contributed by atoms with Crippen molar-refractivity contribution in [2.75, 3.05) is 7.11 Å². The first-order valence-electron chi connectivity index (χ1n) is 6.52. The van der Waals surface area contributed by atoms with E-state index in [2.05, 4.69) is 4.74 Å². The summed E-state index contributed by atoms with van der Waals surface area (Å²) in [5.41, 5.74) is 2.29. The van der Waals surface area contributed by atoms with E-state index in [4.69, 9.17) is 0 Å². The first-order chi connectivity index (χ1) is 9.10. The molecule has 1 aromatic rings. The number of rotatable bonds is 4. The zero-order valence-corrected chi connectivity index (χ0v) is 11.4. The number of carbonyl (C=O) groups is 2. The number of aryl methyl sites for hydroxylation is 1. The maximum Gasteiger partial charge on any atom is 0.307 e. The molecule has 1 amide bonds. The van der Waals surface area contributed by atoms with E-state index in [0.29, 0.717) is 13.0 Å². The van der Waals surface area contributed by atoms with Gasteiger partial charge >= 0.3 is 5.97 Å². The van der Waals surface area contributed by atoms with Gasteiger partial charge in [0.25, 0.3) is 0 Å². The summed E-state index contributed by atoms with van der Waals surface area (Å²) in [7, 11) is 1.38. The highest BCUT2D eigenvalue weighted by Gasteiger charge is 2.32. The van der Waals surface area contributed by atoms with Crippen molar-refractivity contribution in [3.63, 3.8) is 0 Å². The molecular formula is C15H19NO3. The smallest absolute Gasteiger partial charge is 0.307 e. The lowest BCUT2D eigenvalue weighted by Crippen LogP contribution is -2.34. The second kappa shape index (κ2) is 5.87. The SMILES string of the molecule is COC(=O)CC1CCC(=O)N1Cc1ccc(C)cc1. The highest BCUT2D eigenvalue weighted by molar-refractivity contribution is 5.80. The van der Waals surface area contributed by atoms with Crippen LogP contribution in [0.25, 0.3) is 0 Å². The Morgan fingerprint density at radius 1 is 1.37 bits per heavy atom. The molecule has 0 aromatic heterocycles. The van der Waals surface area contributed by atoms with Crippen LogP contribution in [0.4, 0.5) is 0 Å². The molecule has 1 fully saturated rings. The molecule has 102 valence electrons. The van der Waals surface area contributed by atoms with Gasteiger partial charge in [-0.1, -0.05) is 29.8 Å². The Morgan fingerprint density at radius 3 is 2.68 bits per heavy atom. The number of carbonyl (C=O) groups excluding carboxylic acids is 2. The van der Waals surface area contributed by atoms with Crippen LogP contribution in [0, 0.1) is 6.92 Å². The van der Waals surface area contributed by atoms with Crippen LogP contribution in [-0.4, -0.2) is 29.9 Å². The van der Waals surface area contributed by atoms with E-state index in [9.17, 15) is 9.59 Å². The van der Waals surface area contributed by atoms with Gasteiger partial charge in [-0.3, -0.25) is 9.59 Å². The molecule has 0 saturated carbocycles. The maximum atomic E-state index is 11.9. The fourth-order valence-corrected chi connectivity index (χ4v) is 2.39. The minimum absolute atomic E-state index is 0.0266. The molecule has 1 saturated heterocycles. The average Bonchev–Trinajstić information content (AvgIpc) is 2.74. The molecule has 1 aliphatic heterocycles. The Balaban J connectivity index is 2.05. The fourth-order valence-electron chi connectivity index (χ4n) is 2.39. The second-order valence-corrected chi connectivity index (χ2v) is 4.98. The summed E-state index contributed by atoms with van der Waals surface area (Å²) in [5.74, 6) is -0.136. The summed E-state index contributed by atoms with van der Waals surface area (Å²) in [6.07, 6.45) is 1.54. The van der Waals surface area contributed by atoms with E-state index in [1.165, 1.54) is 12.7 Å². The molecule has 19 heavy (non-hydrogen) atoms. The Morgan fingerprint density at radius 2 is 2.05 bits per heavy atom. The predicted molar refractivity (Wildman–Crippen MR) is 71.4 cm³/mol. The summed E-state index contributed by atoms with van der Waals surface area (Å²) in [5, 5.41) is 0. The molecule has 1 atom stereocenters. The Kier molecular flexibility index (Phi) is 4.20. The zero-order valence-electron chi connectivity index (χ0n) is 11.4. The monoisotopic (exact) mass is 261 g/mol. The molecule has 4 heteroatoms. The van der Waals surface area contributed by atoms with Gasteiger partial charge in [0.2, 0.25) is 5.91 Å². The van der Waals surface area contributed by atoms with Crippen LogP contribution in [0.5, 0.6) is 0 Å². The number of methoxy groups -OCH3 is 1. The Labute approximate surface area is 113 Å². The van der Waals surface area contributed by atoms with E-state index in [1.54, 1.807) is 4.90 Å². The molecular weight excluding hydrogens is 242 g/mol. The van der Waals surface area contributed by atoms with Crippen LogP contribution in [0.15, 0.2) is 24.3 Å². The molecule has 2 rings (SSSR count). The van der Waals surface area contributed by atoms with E-state index in [1.807, 2.05) is 31.2 Å². The largest absolute Gasteiger partial charge is 0.469 e.